The molecule has 130 valence electrons. The topological polar surface area (TPSA) is 62.9 Å². The maximum absolute atomic E-state index is 13.5. The van der Waals surface area contributed by atoms with E-state index in [1.165, 1.54) is 0 Å². The van der Waals surface area contributed by atoms with E-state index < -0.39 is 0 Å². The largest absolute Gasteiger partial charge is 0.359 e. The van der Waals surface area contributed by atoms with Crippen molar-refractivity contribution in [2.75, 3.05) is 32.1 Å². The number of rotatable bonds is 1. The lowest BCUT2D eigenvalue weighted by Gasteiger charge is -2.44. The molecule has 2 aromatic rings. The summed E-state index contributed by atoms with van der Waals surface area (Å²) in [5, 5.41) is 9.24. The lowest BCUT2D eigenvalue weighted by atomic mass is 10.1. The maximum Gasteiger partial charge on any atom is 0.262 e. The number of hydrogen-bond donors (Lipinski definition) is 0. The summed E-state index contributed by atoms with van der Waals surface area (Å²) in [6.45, 7) is 1.67. The molecule has 2 aliphatic heterocycles. The van der Waals surface area contributed by atoms with Gasteiger partial charge in [-0.1, -0.05) is 18.2 Å². The first-order chi connectivity index (χ1) is 12.6. The Balaban J connectivity index is 1.96. The number of aliphatic imine (C=N–C) groups is 1. The molecule has 0 bridgehead atoms. The van der Waals surface area contributed by atoms with Crippen LogP contribution in [-0.4, -0.2) is 54.9 Å². The maximum atomic E-state index is 13.5. The van der Waals surface area contributed by atoms with Crippen LogP contribution in [0.3, 0.4) is 0 Å². The smallest absolute Gasteiger partial charge is 0.262 e. The van der Waals surface area contributed by atoms with Crippen LogP contribution in [0.1, 0.15) is 15.9 Å². The SMILES string of the molecule is CN1CCN(C)C2C1=Nc1ccc(C#N)cc1C(=O)N2c1ccccc1. The normalized spacial score (nSPS) is 20.0. The minimum absolute atomic E-state index is 0.144. The highest BCUT2D eigenvalue weighted by Gasteiger charge is 2.40. The van der Waals surface area contributed by atoms with E-state index in [-0.39, 0.29) is 12.1 Å². The van der Waals surface area contributed by atoms with Crippen molar-refractivity contribution in [1.29, 1.82) is 5.26 Å². The summed E-state index contributed by atoms with van der Waals surface area (Å²) >= 11 is 0. The van der Waals surface area contributed by atoms with E-state index in [0.717, 1.165) is 24.6 Å². The highest BCUT2D eigenvalue weighted by atomic mass is 16.2. The summed E-state index contributed by atoms with van der Waals surface area (Å²) in [5.41, 5.74) is 2.33. The molecular formula is C20H19N5O. The Bertz CT molecular complexity index is 931. The van der Waals surface area contributed by atoms with Gasteiger partial charge in [-0.15, -0.1) is 0 Å². The van der Waals surface area contributed by atoms with Gasteiger partial charge >= 0.3 is 0 Å². The second kappa shape index (κ2) is 6.28. The quantitative estimate of drug-likeness (QED) is 0.796. The Morgan fingerprint density at radius 2 is 1.88 bits per heavy atom. The minimum Gasteiger partial charge on any atom is -0.359 e. The van der Waals surface area contributed by atoms with Gasteiger partial charge in [0.05, 0.1) is 22.9 Å². The van der Waals surface area contributed by atoms with Crippen molar-refractivity contribution in [3.63, 3.8) is 0 Å². The second-order valence-electron chi connectivity index (χ2n) is 6.60. The predicted octanol–water partition coefficient (Wildman–Crippen LogP) is 2.45. The zero-order chi connectivity index (χ0) is 18.3. The number of para-hydroxylation sites is 1. The first kappa shape index (κ1) is 16.3. The molecule has 6 nitrogen and oxygen atoms in total. The average molecular weight is 345 g/mol. The van der Waals surface area contributed by atoms with Gasteiger partial charge in [-0.25, -0.2) is 4.99 Å². The molecular weight excluding hydrogens is 326 g/mol. The van der Waals surface area contributed by atoms with Gasteiger partial charge in [0.1, 0.15) is 12.0 Å². The van der Waals surface area contributed by atoms with Crippen molar-refractivity contribution in [3.05, 3.63) is 59.7 Å². The molecule has 0 aromatic heterocycles. The fourth-order valence-corrected chi connectivity index (χ4v) is 3.48. The van der Waals surface area contributed by atoms with Crippen molar-refractivity contribution in [2.45, 2.75) is 6.17 Å². The monoisotopic (exact) mass is 345 g/mol. The number of nitriles is 1. The molecule has 0 spiro atoms. The Kier molecular flexibility index (Phi) is 3.94. The molecule has 0 radical (unpaired) electrons. The van der Waals surface area contributed by atoms with Gasteiger partial charge in [-0.3, -0.25) is 14.6 Å². The van der Waals surface area contributed by atoms with Crippen LogP contribution in [-0.2, 0) is 0 Å². The molecule has 26 heavy (non-hydrogen) atoms. The molecule has 4 rings (SSSR count). The number of benzene rings is 2. The molecule has 1 fully saturated rings. The lowest BCUT2D eigenvalue weighted by molar-refractivity contribution is 0.0949. The van der Waals surface area contributed by atoms with Gasteiger partial charge in [0, 0.05) is 25.8 Å². The van der Waals surface area contributed by atoms with E-state index in [9.17, 15) is 10.1 Å². The van der Waals surface area contributed by atoms with Crippen molar-refractivity contribution in [1.82, 2.24) is 9.80 Å². The van der Waals surface area contributed by atoms with E-state index in [0.29, 0.717) is 16.8 Å². The number of fused-ring (bicyclic) bond motifs is 2. The van der Waals surface area contributed by atoms with Crippen molar-refractivity contribution >= 4 is 23.1 Å². The van der Waals surface area contributed by atoms with Crippen molar-refractivity contribution in [2.24, 2.45) is 4.99 Å². The van der Waals surface area contributed by atoms with Crippen LogP contribution in [0.15, 0.2) is 53.5 Å². The first-order valence-corrected chi connectivity index (χ1v) is 8.53. The van der Waals surface area contributed by atoms with Gasteiger partial charge < -0.3 is 4.90 Å². The van der Waals surface area contributed by atoms with Crippen molar-refractivity contribution in [3.8, 4) is 6.07 Å². The Labute approximate surface area is 152 Å². The number of amides is 1. The van der Waals surface area contributed by atoms with Gasteiger partial charge in [0.2, 0.25) is 0 Å². The summed E-state index contributed by atoms with van der Waals surface area (Å²) in [7, 11) is 4.01. The highest BCUT2D eigenvalue weighted by Crippen LogP contribution is 2.33. The number of carbonyl (C=O) groups excluding carboxylic acids is 1. The van der Waals surface area contributed by atoms with Crippen LogP contribution in [0.5, 0.6) is 0 Å². The molecule has 0 aliphatic carbocycles. The fourth-order valence-electron chi connectivity index (χ4n) is 3.48. The van der Waals surface area contributed by atoms with Crippen LogP contribution in [0.25, 0.3) is 0 Å². The number of likely N-dealkylation sites (N-methyl/N-ethyl adjacent to an activating group) is 2. The molecule has 1 unspecified atom stereocenters. The van der Waals surface area contributed by atoms with E-state index in [1.807, 2.05) is 44.4 Å². The zero-order valence-corrected chi connectivity index (χ0v) is 14.8. The van der Waals surface area contributed by atoms with Gasteiger partial charge in [0.15, 0.2) is 0 Å². The molecule has 0 N–H and O–H groups in total. The van der Waals surface area contributed by atoms with E-state index in [4.69, 9.17) is 4.99 Å². The third-order valence-corrected chi connectivity index (χ3v) is 4.92. The van der Waals surface area contributed by atoms with E-state index in [2.05, 4.69) is 15.9 Å². The van der Waals surface area contributed by atoms with E-state index in [1.54, 1.807) is 23.1 Å². The number of nitrogens with zero attached hydrogens (tertiary/aromatic N) is 5. The van der Waals surface area contributed by atoms with Crippen LogP contribution < -0.4 is 4.90 Å². The number of hydrogen-bond acceptors (Lipinski definition) is 5. The third-order valence-electron chi connectivity index (χ3n) is 4.92. The Morgan fingerprint density at radius 1 is 1.12 bits per heavy atom. The fraction of sp³-hybridized carbons (Fsp3) is 0.250. The summed E-state index contributed by atoms with van der Waals surface area (Å²) in [4.78, 5) is 24.4. The van der Waals surface area contributed by atoms with Crippen LogP contribution in [0, 0.1) is 11.3 Å². The number of anilines is 1. The van der Waals surface area contributed by atoms with Crippen molar-refractivity contribution < 1.29 is 4.79 Å². The number of amidine groups is 1. The number of carbonyl (C=O) groups is 1. The first-order valence-electron chi connectivity index (χ1n) is 8.53. The van der Waals surface area contributed by atoms with Gasteiger partial charge in [-0.2, -0.15) is 5.26 Å². The molecule has 0 saturated carbocycles. The second-order valence-corrected chi connectivity index (χ2v) is 6.60. The third kappa shape index (κ3) is 2.54. The summed E-state index contributed by atoms with van der Waals surface area (Å²) in [5.74, 6) is 0.689. The number of piperazine rings is 1. The molecule has 2 heterocycles. The van der Waals surface area contributed by atoms with Gasteiger partial charge in [-0.05, 0) is 37.4 Å². The molecule has 1 saturated heterocycles. The average Bonchev–Trinajstić information content (AvgIpc) is 2.80. The Morgan fingerprint density at radius 3 is 2.62 bits per heavy atom. The summed E-state index contributed by atoms with van der Waals surface area (Å²) < 4.78 is 0. The van der Waals surface area contributed by atoms with Crippen LogP contribution in [0.4, 0.5) is 11.4 Å². The minimum atomic E-state index is -0.290. The molecule has 2 aromatic carbocycles. The standard InChI is InChI=1S/C20H19N5O/c1-23-10-11-24(2)19-18(23)22-17-9-8-14(13-21)12-16(17)20(26)25(19)15-6-4-3-5-7-15/h3-9,12,19H,10-11H2,1-2H3. The highest BCUT2D eigenvalue weighted by molar-refractivity contribution is 6.15. The predicted molar refractivity (Wildman–Crippen MR) is 101 cm³/mol. The van der Waals surface area contributed by atoms with E-state index >= 15 is 0 Å². The van der Waals surface area contributed by atoms with Gasteiger partial charge in [0.25, 0.3) is 5.91 Å². The van der Waals surface area contributed by atoms with Crippen LogP contribution >= 0.6 is 0 Å². The zero-order valence-electron chi connectivity index (χ0n) is 14.8. The summed E-state index contributed by atoms with van der Waals surface area (Å²) in [6, 6.07) is 16.8. The molecule has 1 amide bonds. The summed E-state index contributed by atoms with van der Waals surface area (Å²) in [6.07, 6.45) is -0.290. The molecule has 2 aliphatic rings. The molecule has 6 heteroatoms. The molecule has 1 atom stereocenters. The Hall–Kier alpha value is -3.17. The lowest BCUT2D eigenvalue weighted by Crippen LogP contribution is -2.62. The van der Waals surface area contributed by atoms with Crippen LogP contribution in [0.2, 0.25) is 0 Å².